The Morgan fingerprint density at radius 1 is 1.06 bits per heavy atom. The first-order valence-corrected chi connectivity index (χ1v) is 7.59. The van der Waals surface area contributed by atoms with Crippen molar-refractivity contribution >= 4 is 12.4 Å². The molecule has 106 valence electrons. The van der Waals surface area contributed by atoms with Gasteiger partial charge in [0.1, 0.15) is 0 Å². The van der Waals surface area contributed by atoms with Gasteiger partial charge in [-0.2, -0.15) is 0 Å². The van der Waals surface area contributed by atoms with E-state index in [1.54, 1.807) is 0 Å². The van der Waals surface area contributed by atoms with E-state index in [9.17, 15) is 0 Å². The van der Waals surface area contributed by atoms with Crippen LogP contribution in [0.2, 0.25) is 0 Å². The number of piperazine rings is 1. The zero-order valence-electron chi connectivity index (χ0n) is 11.4. The van der Waals surface area contributed by atoms with Gasteiger partial charge in [0.25, 0.3) is 0 Å². The van der Waals surface area contributed by atoms with Crippen molar-refractivity contribution in [1.29, 1.82) is 0 Å². The molecular weight excluding hydrogens is 246 g/mol. The highest BCUT2D eigenvalue weighted by Crippen LogP contribution is 2.22. The van der Waals surface area contributed by atoms with Crippen molar-refractivity contribution in [1.82, 2.24) is 15.1 Å². The van der Waals surface area contributed by atoms with Gasteiger partial charge in [0.05, 0.1) is 0 Å². The van der Waals surface area contributed by atoms with E-state index in [1.807, 2.05) is 0 Å². The fraction of sp³-hybridized carbons (Fsp3) is 1.00. The van der Waals surface area contributed by atoms with E-state index >= 15 is 0 Å². The highest BCUT2D eigenvalue weighted by molar-refractivity contribution is 5.85. The number of nitrogens with zero attached hydrogens (tertiary/aromatic N) is 2. The van der Waals surface area contributed by atoms with Crippen LogP contribution in [-0.4, -0.2) is 61.7 Å². The molecule has 0 aromatic carbocycles. The van der Waals surface area contributed by atoms with Crippen LogP contribution in [0.1, 0.15) is 32.1 Å². The molecular formula is C14H28ClN3. The van der Waals surface area contributed by atoms with Crippen LogP contribution in [0.25, 0.3) is 0 Å². The van der Waals surface area contributed by atoms with Crippen LogP contribution in [0, 0.1) is 5.92 Å². The molecule has 3 heterocycles. The third kappa shape index (κ3) is 3.60. The van der Waals surface area contributed by atoms with Crippen molar-refractivity contribution in [2.45, 2.75) is 38.1 Å². The van der Waals surface area contributed by atoms with E-state index in [0.29, 0.717) is 0 Å². The van der Waals surface area contributed by atoms with Crippen molar-refractivity contribution in [3.05, 3.63) is 0 Å². The number of halogens is 1. The van der Waals surface area contributed by atoms with Gasteiger partial charge in [-0.3, -0.25) is 4.90 Å². The predicted molar refractivity (Wildman–Crippen MR) is 78.5 cm³/mol. The Hall–Kier alpha value is 0.170. The van der Waals surface area contributed by atoms with Gasteiger partial charge in [-0.25, -0.2) is 0 Å². The molecule has 0 radical (unpaired) electrons. The monoisotopic (exact) mass is 273 g/mol. The molecule has 0 aromatic rings. The van der Waals surface area contributed by atoms with Crippen LogP contribution in [0.15, 0.2) is 0 Å². The minimum absolute atomic E-state index is 0. The number of piperidine rings is 1. The largest absolute Gasteiger partial charge is 0.316 e. The minimum Gasteiger partial charge on any atom is -0.316 e. The fourth-order valence-corrected chi connectivity index (χ4v) is 3.75. The molecule has 0 amide bonds. The third-order valence-corrected chi connectivity index (χ3v) is 4.94. The lowest BCUT2D eigenvalue weighted by Crippen LogP contribution is -2.54. The average Bonchev–Trinajstić information content (AvgIpc) is 2.89. The molecule has 3 aliphatic rings. The van der Waals surface area contributed by atoms with E-state index in [1.165, 1.54) is 77.9 Å². The van der Waals surface area contributed by atoms with Crippen molar-refractivity contribution in [3.8, 4) is 0 Å². The maximum Gasteiger partial charge on any atom is 0.0223 e. The molecule has 3 fully saturated rings. The zero-order chi connectivity index (χ0) is 11.5. The number of rotatable bonds is 3. The van der Waals surface area contributed by atoms with Crippen molar-refractivity contribution < 1.29 is 0 Å². The van der Waals surface area contributed by atoms with Gasteiger partial charge in [-0.05, 0) is 57.8 Å². The van der Waals surface area contributed by atoms with Crippen LogP contribution in [0.5, 0.6) is 0 Å². The summed E-state index contributed by atoms with van der Waals surface area (Å²) in [6.45, 7) is 9.22. The van der Waals surface area contributed by atoms with E-state index in [-0.39, 0.29) is 12.4 Å². The van der Waals surface area contributed by atoms with E-state index < -0.39 is 0 Å². The quantitative estimate of drug-likeness (QED) is 0.842. The molecule has 2 atom stereocenters. The maximum absolute atomic E-state index is 3.48. The molecule has 3 nitrogen and oxygen atoms in total. The molecule has 3 aliphatic heterocycles. The van der Waals surface area contributed by atoms with Crippen LogP contribution >= 0.6 is 12.4 Å². The van der Waals surface area contributed by atoms with Gasteiger partial charge in [-0.1, -0.05) is 6.42 Å². The molecule has 4 heteroatoms. The van der Waals surface area contributed by atoms with Gasteiger partial charge in [0, 0.05) is 25.7 Å². The summed E-state index contributed by atoms with van der Waals surface area (Å²) in [6.07, 6.45) is 7.16. The molecule has 2 unspecified atom stereocenters. The summed E-state index contributed by atoms with van der Waals surface area (Å²) < 4.78 is 0. The standard InChI is InChI=1S/C14H27N3.ClH/c1-2-7-17-10-9-16(12-14(17)3-1)8-5-13-4-6-15-11-13;/h13-15H,1-12H2;1H. The first kappa shape index (κ1) is 14.6. The van der Waals surface area contributed by atoms with E-state index in [4.69, 9.17) is 0 Å². The lowest BCUT2D eigenvalue weighted by molar-refractivity contribution is 0.0471. The molecule has 3 saturated heterocycles. The molecule has 0 saturated carbocycles. The first-order valence-electron chi connectivity index (χ1n) is 7.59. The Balaban J connectivity index is 0.00000120. The smallest absolute Gasteiger partial charge is 0.0223 e. The minimum atomic E-state index is 0. The maximum atomic E-state index is 3.48. The van der Waals surface area contributed by atoms with E-state index in [0.717, 1.165) is 12.0 Å². The Bertz CT molecular complexity index is 243. The second-order valence-corrected chi connectivity index (χ2v) is 6.13. The summed E-state index contributed by atoms with van der Waals surface area (Å²) in [5.41, 5.74) is 0. The fourth-order valence-electron chi connectivity index (χ4n) is 3.75. The Labute approximate surface area is 118 Å². The van der Waals surface area contributed by atoms with E-state index in [2.05, 4.69) is 15.1 Å². The summed E-state index contributed by atoms with van der Waals surface area (Å²) in [5.74, 6) is 0.958. The molecule has 18 heavy (non-hydrogen) atoms. The molecule has 3 rings (SSSR count). The topological polar surface area (TPSA) is 18.5 Å². The number of hydrogen-bond donors (Lipinski definition) is 1. The lowest BCUT2D eigenvalue weighted by atomic mass is 9.98. The van der Waals surface area contributed by atoms with Crippen LogP contribution in [0.4, 0.5) is 0 Å². The van der Waals surface area contributed by atoms with Gasteiger partial charge in [0.2, 0.25) is 0 Å². The van der Waals surface area contributed by atoms with Crippen molar-refractivity contribution in [3.63, 3.8) is 0 Å². The molecule has 0 spiro atoms. The summed E-state index contributed by atoms with van der Waals surface area (Å²) in [4.78, 5) is 5.46. The van der Waals surface area contributed by atoms with Gasteiger partial charge in [0.15, 0.2) is 0 Å². The van der Waals surface area contributed by atoms with Crippen molar-refractivity contribution in [2.75, 3.05) is 45.8 Å². The van der Waals surface area contributed by atoms with Gasteiger partial charge in [-0.15, -0.1) is 12.4 Å². The van der Waals surface area contributed by atoms with Gasteiger partial charge >= 0.3 is 0 Å². The van der Waals surface area contributed by atoms with Crippen LogP contribution in [0.3, 0.4) is 0 Å². The summed E-state index contributed by atoms with van der Waals surface area (Å²) in [7, 11) is 0. The number of hydrogen-bond acceptors (Lipinski definition) is 3. The second kappa shape index (κ2) is 7.09. The summed E-state index contributed by atoms with van der Waals surface area (Å²) in [6, 6.07) is 0.888. The molecule has 1 N–H and O–H groups in total. The number of nitrogens with one attached hydrogen (secondary N) is 1. The third-order valence-electron chi connectivity index (χ3n) is 4.94. The summed E-state index contributed by atoms with van der Waals surface area (Å²) in [5, 5.41) is 3.48. The molecule has 0 bridgehead atoms. The Kier molecular flexibility index (Phi) is 5.74. The summed E-state index contributed by atoms with van der Waals surface area (Å²) >= 11 is 0. The Morgan fingerprint density at radius 2 is 2.00 bits per heavy atom. The van der Waals surface area contributed by atoms with Crippen molar-refractivity contribution in [2.24, 2.45) is 5.92 Å². The highest BCUT2D eigenvalue weighted by atomic mass is 35.5. The zero-order valence-corrected chi connectivity index (χ0v) is 12.3. The highest BCUT2D eigenvalue weighted by Gasteiger charge is 2.28. The molecule has 0 aliphatic carbocycles. The predicted octanol–water partition coefficient (Wildman–Crippen LogP) is 1.58. The SMILES string of the molecule is C1CCN2CCN(CCC3CCNC3)CC2C1.Cl. The normalized spacial score (nSPS) is 34.0. The second-order valence-electron chi connectivity index (χ2n) is 6.13. The average molecular weight is 274 g/mol. The van der Waals surface area contributed by atoms with Crippen LogP contribution in [-0.2, 0) is 0 Å². The Morgan fingerprint density at radius 3 is 2.83 bits per heavy atom. The first-order chi connectivity index (χ1) is 8.42. The van der Waals surface area contributed by atoms with Crippen LogP contribution < -0.4 is 5.32 Å². The lowest BCUT2D eigenvalue weighted by Gasteiger charge is -2.44. The molecule has 0 aromatic heterocycles. The number of fused-ring (bicyclic) bond motifs is 1. The van der Waals surface area contributed by atoms with Gasteiger partial charge < -0.3 is 10.2 Å².